The highest BCUT2D eigenvalue weighted by molar-refractivity contribution is 5.85. The number of hydrogen-bond acceptors (Lipinski definition) is 3. The van der Waals surface area contributed by atoms with Crippen LogP contribution in [0.1, 0.15) is 24.9 Å². The van der Waals surface area contributed by atoms with Crippen molar-refractivity contribution in [3.63, 3.8) is 0 Å². The molecule has 0 saturated heterocycles. The summed E-state index contributed by atoms with van der Waals surface area (Å²) in [6.07, 6.45) is 0.714. The highest BCUT2D eigenvalue weighted by Gasteiger charge is 2.09. The van der Waals surface area contributed by atoms with Crippen LogP contribution in [0.25, 0.3) is 0 Å². The molecule has 1 aromatic rings. The lowest BCUT2D eigenvalue weighted by atomic mass is 10.0. The highest BCUT2D eigenvalue weighted by Crippen LogP contribution is 2.29. The van der Waals surface area contributed by atoms with E-state index in [2.05, 4.69) is 6.58 Å². The molecule has 1 atom stereocenters. The average molecular weight is 244 g/mol. The summed E-state index contributed by atoms with van der Waals surface area (Å²) in [7, 11) is 1.52. The Hall–Kier alpha value is -1.19. The van der Waals surface area contributed by atoms with E-state index >= 15 is 0 Å². The van der Waals surface area contributed by atoms with Gasteiger partial charge in [0.25, 0.3) is 0 Å². The molecule has 4 heteroatoms. The molecule has 0 aliphatic rings. The summed E-state index contributed by atoms with van der Waals surface area (Å²) in [6.45, 7) is 5.74. The normalized spacial score (nSPS) is 11.4. The van der Waals surface area contributed by atoms with Crippen LogP contribution < -0.4 is 10.5 Å². The van der Waals surface area contributed by atoms with Crippen LogP contribution in [0.15, 0.2) is 30.4 Å². The van der Waals surface area contributed by atoms with Gasteiger partial charge in [-0.05, 0) is 31.0 Å². The maximum absolute atomic E-state index is 9.57. The Bertz CT molecular complexity index is 366. The van der Waals surface area contributed by atoms with Gasteiger partial charge < -0.3 is 15.6 Å². The molecule has 0 amide bonds. The van der Waals surface area contributed by atoms with Gasteiger partial charge in [-0.15, -0.1) is 19.0 Å². The molecule has 0 heterocycles. The molecule has 3 N–H and O–H groups in total. The molecule has 1 aromatic carbocycles. The van der Waals surface area contributed by atoms with Gasteiger partial charge in [0.1, 0.15) is 0 Å². The first kappa shape index (κ1) is 14.8. The minimum atomic E-state index is -0.126. The lowest BCUT2D eigenvalue weighted by Crippen LogP contribution is -2.10. The maximum Gasteiger partial charge on any atom is 0.160 e. The first-order valence-electron chi connectivity index (χ1n) is 4.81. The summed E-state index contributed by atoms with van der Waals surface area (Å²) in [6, 6.07) is 5.07. The van der Waals surface area contributed by atoms with Crippen molar-refractivity contribution in [1.29, 1.82) is 0 Å². The topological polar surface area (TPSA) is 55.5 Å². The molecule has 3 nitrogen and oxygen atoms in total. The monoisotopic (exact) mass is 243 g/mol. The Kier molecular flexibility index (Phi) is 5.93. The third kappa shape index (κ3) is 3.76. The Labute approximate surface area is 102 Å². The number of benzene rings is 1. The number of rotatable bonds is 4. The quantitative estimate of drug-likeness (QED) is 0.800. The van der Waals surface area contributed by atoms with Crippen LogP contribution in [-0.4, -0.2) is 12.2 Å². The summed E-state index contributed by atoms with van der Waals surface area (Å²) in [5, 5.41) is 9.57. The van der Waals surface area contributed by atoms with E-state index in [1.54, 1.807) is 12.1 Å². The molecule has 0 aliphatic carbocycles. The van der Waals surface area contributed by atoms with Crippen molar-refractivity contribution in [3.8, 4) is 11.5 Å². The van der Waals surface area contributed by atoms with Gasteiger partial charge in [0, 0.05) is 6.04 Å². The molecular weight excluding hydrogens is 226 g/mol. The Morgan fingerprint density at radius 1 is 1.56 bits per heavy atom. The Morgan fingerprint density at radius 2 is 2.19 bits per heavy atom. The van der Waals surface area contributed by atoms with Crippen LogP contribution in [0.3, 0.4) is 0 Å². The van der Waals surface area contributed by atoms with Crippen LogP contribution in [0, 0.1) is 0 Å². The number of halogens is 1. The summed E-state index contributed by atoms with van der Waals surface area (Å²) >= 11 is 0. The molecule has 0 unspecified atom stereocenters. The fourth-order valence-electron chi connectivity index (χ4n) is 1.43. The summed E-state index contributed by atoms with van der Waals surface area (Å²) in [4.78, 5) is 0. The van der Waals surface area contributed by atoms with Crippen LogP contribution in [-0.2, 0) is 0 Å². The average Bonchev–Trinajstić information content (AvgIpc) is 2.16. The number of hydrogen-bond donors (Lipinski definition) is 2. The van der Waals surface area contributed by atoms with E-state index in [1.165, 1.54) is 7.11 Å². The molecule has 0 aliphatic heterocycles. The third-order valence-electron chi connectivity index (χ3n) is 2.20. The van der Waals surface area contributed by atoms with Crippen molar-refractivity contribution in [1.82, 2.24) is 0 Å². The second kappa shape index (κ2) is 6.40. The van der Waals surface area contributed by atoms with Gasteiger partial charge >= 0.3 is 0 Å². The molecule has 1 rings (SSSR count). The minimum Gasteiger partial charge on any atom is -0.504 e. The molecule has 0 aromatic heterocycles. The van der Waals surface area contributed by atoms with E-state index in [4.69, 9.17) is 10.5 Å². The number of nitrogens with two attached hydrogens (primary N) is 1. The zero-order valence-corrected chi connectivity index (χ0v) is 10.4. The van der Waals surface area contributed by atoms with Crippen LogP contribution in [0.4, 0.5) is 0 Å². The van der Waals surface area contributed by atoms with Crippen molar-refractivity contribution in [3.05, 3.63) is 35.9 Å². The Balaban J connectivity index is 0.00000225. The second-order valence-corrected chi connectivity index (χ2v) is 3.70. The first-order valence-corrected chi connectivity index (χ1v) is 4.81. The number of phenolic OH excluding ortho intramolecular Hbond substituents is 1. The molecule has 0 saturated carbocycles. The van der Waals surface area contributed by atoms with E-state index in [1.807, 2.05) is 13.0 Å². The molecule has 16 heavy (non-hydrogen) atoms. The summed E-state index contributed by atoms with van der Waals surface area (Å²) < 4.78 is 4.95. The van der Waals surface area contributed by atoms with Gasteiger partial charge in [0.2, 0.25) is 0 Å². The zero-order valence-electron chi connectivity index (χ0n) is 9.56. The summed E-state index contributed by atoms with van der Waals surface area (Å²) in [5.41, 5.74) is 7.85. The first-order chi connectivity index (χ1) is 7.04. The van der Waals surface area contributed by atoms with E-state index in [0.29, 0.717) is 12.2 Å². The van der Waals surface area contributed by atoms with Crippen molar-refractivity contribution in [2.45, 2.75) is 19.4 Å². The van der Waals surface area contributed by atoms with Crippen molar-refractivity contribution >= 4 is 12.4 Å². The fourth-order valence-corrected chi connectivity index (χ4v) is 1.43. The van der Waals surface area contributed by atoms with Crippen molar-refractivity contribution in [2.24, 2.45) is 5.73 Å². The van der Waals surface area contributed by atoms with Gasteiger partial charge in [-0.25, -0.2) is 0 Å². The SMILES string of the molecule is C=C(C)C[C@@H](N)c1ccc(OC)c(O)c1.Cl. The largest absolute Gasteiger partial charge is 0.504 e. The van der Waals surface area contributed by atoms with Crippen molar-refractivity contribution < 1.29 is 9.84 Å². The van der Waals surface area contributed by atoms with Crippen LogP contribution >= 0.6 is 12.4 Å². The van der Waals surface area contributed by atoms with E-state index in [-0.39, 0.29) is 24.2 Å². The molecule has 0 spiro atoms. The molecule has 0 radical (unpaired) electrons. The van der Waals surface area contributed by atoms with Crippen molar-refractivity contribution in [2.75, 3.05) is 7.11 Å². The lowest BCUT2D eigenvalue weighted by molar-refractivity contribution is 0.372. The number of phenols is 1. The standard InChI is InChI=1S/C12H17NO2.ClH/c1-8(2)6-10(13)9-4-5-12(15-3)11(14)7-9;/h4-5,7,10,14H,1,6,13H2,2-3H3;1H/t10-;/m1./s1. The van der Waals surface area contributed by atoms with E-state index < -0.39 is 0 Å². The predicted octanol–water partition coefficient (Wildman–Crippen LogP) is 2.79. The Morgan fingerprint density at radius 3 is 2.62 bits per heavy atom. The van der Waals surface area contributed by atoms with Gasteiger partial charge in [0.05, 0.1) is 7.11 Å². The zero-order chi connectivity index (χ0) is 11.4. The smallest absolute Gasteiger partial charge is 0.160 e. The molecule has 0 bridgehead atoms. The van der Waals surface area contributed by atoms with Gasteiger partial charge in [-0.1, -0.05) is 11.6 Å². The molecule has 0 fully saturated rings. The third-order valence-corrected chi connectivity index (χ3v) is 2.20. The summed E-state index contributed by atoms with van der Waals surface area (Å²) in [5.74, 6) is 0.577. The van der Waals surface area contributed by atoms with E-state index in [9.17, 15) is 5.11 Å². The van der Waals surface area contributed by atoms with E-state index in [0.717, 1.165) is 11.1 Å². The maximum atomic E-state index is 9.57. The van der Waals surface area contributed by atoms with Gasteiger partial charge in [-0.3, -0.25) is 0 Å². The molecular formula is C12H18ClNO2. The van der Waals surface area contributed by atoms with Gasteiger partial charge in [0.15, 0.2) is 11.5 Å². The lowest BCUT2D eigenvalue weighted by Gasteiger charge is -2.13. The number of aromatic hydroxyl groups is 1. The van der Waals surface area contributed by atoms with Gasteiger partial charge in [-0.2, -0.15) is 0 Å². The number of ether oxygens (including phenoxy) is 1. The second-order valence-electron chi connectivity index (χ2n) is 3.70. The minimum absolute atomic E-state index is 0. The predicted molar refractivity (Wildman–Crippen MR) is 68.3 cm³/mol. The van der Waals surface area contributed by atoms with Crippen LogP contribution in [0.5, 0.6) is 11.5 Å². The highest BCUT2D eigenvalue weighted by atomic mass is 35.5. The number of methoxy groups -OCH3 is 1. The fraction of sp³-hybridized carbons (Fsp3) is 0.333. The molecule has 90 valence electrons. The van der Waals surface area contributed by atoms with Crippen LogP contribution in [0.2, 0.25) is 0 Å².